The number of anilines is 1. The second-order valence-electron chi connectivity index (χ2n) is 13.2. The molecule has 47 heavy (non-hydrogen) atoms. The zero-order chi connectivity index (χ0) is 33.1. The summed E-state index contributed by atoms with van der Waals surface area (Å²) in [7, 11) is -0.337. The number of carbonyl (C=O) groups excluding carboxylic acids is 2. The molecular weight excluding hydrogens is 640 g/mol. The molecule has 2 aromatic rings. The third-order valence-electron chi connectivity index (χ3n) is 9.96. The van der Waals surface area contributed by atoms with E-state index in [4.69, 9.17) is 21.1 Å². The van der Waals surface area contributed by atoms with Gasteiger partial charge in [0.15, 0.2) is 0 Å². The number of fused-ring (bicyclic) bond motifs is 3. The molecule has 1 saturated carbocycles. The minimum absolute atomic E-state index is 0.0988. The molecule has 2 aromatic carbocycles. The molecule has 5 atom stereocenters. The van der Waals surface area contributed by atoms with Gasteiger partial charge in [-0.25, -0.2) is 4.79 Å². The molecule has 6 rings (SSSR count). The maximum absolute atomic E-state index is 13.7. The van der Waals surface area contributed by atoms with E-state index >= 15 is 0 Å². The number of aliphatic hydroxyl groups is 1. The summed E-state index contributed by atoms with van der Waals surface area (Å²) in [5.74, 6) is 0.414. The van der Waals surface area contributed by atoms with E-state index in [0.29, 0.717) is 47.7 Å². The highest BCUT2D eigenvalue weighted by Crippen LogP contribution is 2.42. The zero-order valence-corrected chi connectivity index (χ0v) is 28.5. The predicted molar refractivity (Wildman–Crippen MR) is 182 cm³/mol. The number of aliphatic hydroxyl groups excluding tert-OH is 1. The van der Waals surface area contributed by atoms with E-state index in [0.717, 1.165) is 44.3 Å². The van der Waals surface area contributed by atoms with Gasteiger partial charge in [-0.15, -0.1) is 0 Å². The van der Waals surface area contributed by atoms with Crippen LogP contribution in [0.3, 0.4) is 0 Å². The second kappa shape index (κ2) is 15.0. The number of carbonyl (C=O) groups is 2. The third kappa shape index (κ3) is 7.80. The van der Waals surface area contributed by atoms with E-state index < -0.39 is 34.0 Å². The minimum atomic E-state index is -2.07. The normalized spacial score (nSPS) is 28.3. The quantitative estimate of drug-likeness (QED) is 0.308. The van der Waals surface area contributed by atoms with Gasteiger partial charge >= 0.3 is 6.03 Å². The minimum Gasteiger partial charge on any atom is -0.491 e. The molecule has 3 heterocycles. The molecule has 1 aliphatic carbocycles. The topological polar surface area (TPSA) is 121 Å². The summed E-state index contributed by atoms with van der Waals surface area (Å²) in [4.78, 5) is 30.3. The lowest BCUT2D eigenvalue weighted by atomic mass is 9.70. The van der Waals surface area contributed by atoms with Gasteiger partial charge in [-0.05, 0) is 103 Å². The monoisotopic (exact) mass is 683 g/mol. The first-order valence-corrected chi connectivity index (χ1v) is 18.1. The van der Waals surface area contributed by atoms with Crippen LogP contribution < -0.4 is 15.0 Å². The van der Waals surface area contributed by atoms with Crippen LogP contribution >= 0.6 is 11.6 Å². The number of amides is 3. The lowest BCUT2D eigenvalue weighted by Crippen LogP contribution is -2.58. The van der Waals surface area contributed by atoms with E-state index in [9.17, 15) is 18.9 Å². The molecule has 4 aliphatic rings. The molecule has 0 aromatic heterocycles. The molecule has 3 amide bonds. The first-order valence-electron chi connectivity index (χ1n) is 16.6. The van der Waals surface area contributed by atoms with Crippen molar-refractivity contribution in [2.24, 2.45) is 22.1 Å². The molecule has 10 nitrogen and oxygen atoms in total. The summed E-state index contributed by atoms with van der Waals surface area (Å²) in [5, 5.41) is 12.3. The molecule has 0 radical (unpaired) electrons. The number of likely N-dealkylation sites (tertiary alicyclic amines) is 1. The number of halogens is 1. The van der Waals surface area contributed by atoms with Crippen molar-refractivity contribution in [1.29, 1.82) is 0 Å². The van der Waals surface area contributed by atoms with Crippen LogP contribution in [0.5, 0.6) is 5.75 Å². The van der Waals surface area contributed by atoms with Crippen molar-refractivity contribution in [3.8, 4) is 5.75 Å². The molecule has 12 heteroatoms. The first-order chi connectivity index (χ1) is 22.7. The lowest BCUT2D eigenvalue weighted by Gasteiger charge is -2.43. The van der Waals surface area contributed by atoms with Crippen molar-refractivity contribution in [2.45, 2.75) is 69.6 Å². The number of nitrogens with zero attached hydrogens (tertiary/aromatic N) is 3. The van der Waals surface area contributed by atoms with Crippen LogP contribution in [0.15, 0.2) is 52.9 Å². The van der Waals surface area contributed by atoms with Crippen LogP contribution in [-0.2, 0) is 32.5 Å². The van der Waals surface area contributed by atoms with Crippen molar-refractivity contribution in [3.05, 3.63) is 70.3 Å². The van der Waals surface area contributed by atoms with Gasteiger partial charge in [0.1, 0.15) is 5.75 Å². The second-order valence-corrected chi connectivity index (χ2v) is 14.9. The fourth-order valence-corrected chi connectivity index (χ4v) is 8.24. The van der Waals surface area contributed by atoms with Crippen molar-refractivity contribution in [3.63, 3.8) is 0 Å². The first kappa shape index (κ1) is 33.8. The standard InChI is InChI=1S/C35H44ClN4O6S/c1-22-6-5-8-31(45-2)29-13-10-26(29)19-39-18-25-9-12-27(36)16-23(25)7-3-4-15-46-32-14-11-24(17-30(32)39)33(42)38-47(44)34(22)37-35(43)40-20-28(41)21-40/h5,8-9,11-12,14,16-17,22,26,28-29,31,34,41H,3-4,6-7,10,13,15,18-21H2,1-2H3,(H,37,43)/q-1/b8-5+/t22-,26-,29+,31-,34?/m0/s1. The zero-order valence-electron chi connectivity index (χ0n) is 27.0. The van der Waals surface area contributed by atoms with Gasteiger partial charge in [0.05, 0.1) is 37.6 Å². The van der Waals surface area contributed by atoms with Gasteiger partial charge in [-0.2, -0.15) is 10.6 Å². The summed E-state index contributed by atoms with van der Waals surface area (Å²) in [5.41, 5.74) is 3.48. The number of hydrogen-bond acceptors (Lipinski definition) is 8. The van der Waals surface area contributed by atoms with Gasteiger partial charge in [-0.1, -0.05) is 36.7 Å². The number of methoxy groups -OCH3 is 1. The SMILES string of the molecule is CO[C@H]1/C=C/C[C@H](C)C(NC(=O)N2CC(O)C2)[S-](=O)=NC(=O)c2ccc3c(c2)N(Cc2ccc(Cl)cc2CCCCO3)C[C@@H]2CC[C@H]21. The Labute approximate surface area is 283 Å². The molecule has 2 bridgehead atoms. The number of aryl methyl sites for hydroxylation is 1. The van der Waals surface area contributed by atoms with Gasteiger partial charge < -0.3 is 38.3 Å². The summed E-state index contributed by atoms with van der Waals surface area (Å²) in [6.45, 7) is 4.19. The number of urea groups is 1. The highest BCUT2D eigenvalue weighted by Gasteiger charge is 2.38. The number of allylic oxidation sites excluding steroid dienone is 1. The number of benzene rings is 2. The summed E-state index contributed by atoms with van der Waals surface area (Å²) in [6.07, 6.45) is 8.76. The highest BCUT2D eigenvalue weighted by atomic mass is 35.5. The van der Waals surface area contributed by atoms with Crippen LogP contribution in [0.2, 0.25) is 5.02 Å². The fourth-order valence-electron chi connectivity index (χ4n) is 6.96. The lowest BCUT2D eigenvalue weighted by molar-refractivity contribution is 0.0133. The van der Waals surface area contributed by atoms with Crippen molar-refractivity contribution in [1.82, 2.24) is 10.2 Å². The van der Waals surface area contributed by atoms with Crippen LogP contribution in [0, 0.1) is 17.8 Å². The van der Waals surface area contributed by atoms with Crippen molar-refractivity contribution >= 4 is 39.8 Å². The average Bonchev–Trinajstić information content (AvgIpc) is 3.05. The Bertz CT molecular complexity index is 1590. The number of β-amino-alcohol motifs (C(OH)–C–C–N with tert-alkyl or cyclic N) is 1. The molecule has 3 aliphatic heterocycles. The van der Waals surface area contributed by atoms with E-state index in [-0.39, 0.29) is 25.1 Å². The average molecular weight is 684 g/mol. The molecule has 254 valence electrons. The maximum Gasteiger partial charge on any atom is 0.316 e. The Hall–Kier alpha value is -3.12. The highest BCUT2D eigenvalue weighted by molar-refractivity contribution is 7.75. The number of nitrogens with one attached hydrogen (secondary N) is 1. The Balaban J connectivity index is 1.41. The largest absolute Gasteiger partial charge is 0.491 e. The Kier molecular flexibility index (Phi) is 10.8. The van der Waals surface area contributed by atoms with Gasteiger partial charge in [0.25, 0.3) is 5.91 Å². The smallest absolute Gasteiger partial charge is 0.316 e. The molecule has 2 N–H and O–H groups in total. The summed E-state index contributed by atoms with van der Waals surface area (Å²) < 4.78 is 30.2. The Morgan fingerprint density at radius 3 is 2.70 bits per heavy atom. The van der Waals surface area contributed by atoms with E-state index in [1.54, 1.807) is 19.2 Å². The number of hydrogen-bond donors (Lipinski definition) is 2. The number of ether oxygens (including phenoxy) is 2. The molecule has 1 unspecified atom stereocenters. The van der Waals surface area contributed by atoms with Gasteiger partial charge in [-0.3, -0.25) is 4.79 Å². The maximum atomic E-state index is 13.7. The Morgan fingerprint density at radius 2 is 1.96 bits per heavy atom. The summed E-state index contributed by atoms with van der Waals surface area (Å²) >= 11 is 6.43. The molecule has 1 saturated heterocycles. The van der Waals surface area contributed by atoms with Gasteiger partial charge in [0, 0.05) is 30.8 Å². The van der Waals surface area contributed by atoms with Crippen molar-refractivity contribution in [2.75, 3.05) is 38.3 Å². The van der Waals surface area contributed by atoms with Crippen LogP contribution in [0.4, 0.5) is 10.5 Å². The van der Waals surface area contributed by atoms with E-state index in [2.05, 4.69) is 32.8 Å². The molecular formula is C35H44ClN4O6S-. The third-order valence-corrected chi connectivity index (χ3v) is 11.6. The van der Waals surface area contributed by atoms with Crippen molar-refractivity contribution < 1.29 is 28.4 Å². The summed E-state index contributed by atoms with van der Waals surface area (Å²) in [6, 6.07) is 10.9. The van der Waals surface area contributed by atoms with Gasteiger partial charge in [0.2, 0.25) is 0 Å². The number of rotatable bonds is 2. The predicted octanol–water partition coefficient (Wildman–Crippen LogP) is 5.70. The Morgan fingerprint density at radius 1 is 1.13 bits per heavy atom. The van der Waals surface area contributed by atoms with E-state index in [1.165, 1.54) is 16.0 Å². The molecule has 2 fully saturated rings. The molecule has 0 spiro atoms. The van der Waals surface area contributed by atoms with Crippen LogP contribution in [0.25, 0.3) is 0 Å². The van der Waals surface area contributed by atoms with E-state index in [1.807, 2.05) is 25.1 Å². The van der Waals surface area contributed by atoms with Crippen LogP contribution in [0.1, 0.15) is 60.5 Å². The van der Waals surface area contributed by atoms with Crippen LogP contribution in [-0.4, -0.2) is 72.9 Å². The fraction of sp³-hybridized carbons (Fsp3) is 0.543.